The second-order valence-electron chi connectivity index (χ2n) is 5.74. The van der Waals surface area contributed by atoms with Crippen molar-refractivity contribution < 1.29 is 9.59 Å². The van der Waals surface area contributed by atoms with Gasteiger partial charge in [-0.05, 0) is 24.8 Å². The number of fused-ring (bicyclic) bond motifs is 1. The van der Waals surface area contributed by atoms with E-state index < -0.39 is 0 Å². The molecule has 0 aromatic carbocycles. The normalized spacial score (nSPS) is 25.5. The Labute approximate surface area is 133 Å². The van der Waals surface area contributed by atoms with Gasteiger partial charge in [0.2, 0.25) is 5.91 Å². The summed E-state index contributed by atoms with van der Waals surface area (Å²) in [5, 5.41) is 3.78. The highest BCUT2D eigenvalue weighted by Crippen LogP contribution is 2.29. The Morgan fingerprint density at radius 2 is 2.14 bits per heavy atom. The Bertz CT molecular complexity index is 599. The first-order chi connectivity index (χ1) is 9.97. The molecule has 2 amide bonds. The van der Waals surface area contributed by atoms with Gasteiger partial charge in [0, 0.05) is 32.6 Å². The van der Waals surface area contributed by atoms with Gasteiger partial charge < -0.3 is 14.8 Å². The maximum atomic E-state index is 12.6. The standard InChI is InChI=1S/C14H17Cl2N3O2/c1-18-11(6-9(15)13(18)16)14(21)19-5-4-10-8(7-19)2-3-12(20)17-10/h6,8,10H,2-5,7H2,1H3,(H,17,20). The van der Waals surface area contributed by atoms with Gasteiger partial charge in [-0.3, -0.25) is 9.59 Å². The zero-order valence-electron chi connectivity index (χ0n) is 11.7. The molecule has 2 fully saturated rings. The predicted octanol–water partition coefficient (Wildman–Crippen LogP) is 2.07. The average molecular weight is 330 g/mol. The van der Waals surface area contributed by atoms with Crippen molar-refractivity contribution in [2.75, 3.05) is 13.1 Å². The summed E-state index contributed by atoms with van der Waals surface area (Å²) in [6.45, 7) is 1.31. The first kappa shape index (κ1) is 14.7. The molecular weight excluding hydrogens is 313 g/mol. The molecule has 3 rings (SSSR count). The molecule has 3 heterocycles. The number of nitrogens with zero attached hydrogens (tertiary/aromatic N) is 2. The molecule has 0 aliphatic carbocycles. The summed E-state index contributed by atoms with van der Waals surface area (Å²) in [5.74, 6) is 0.408. The molecule has 5 nitrogen and oxygen atoms in total. The summed E-state index contributed by atoms with van der Waals surface area (Å²) in [7, 11) is 1.73. The van der Waals surface area contributed by atoms with Crippen LogP contribution in [-0.4, -0.2) is 40.4 Å². The average Bonchev–Trinajstić information content (AvgIpc) is 2.73. The summed E-state index contributed by atoms with van der Waals surface area (Å²) in [4.78, 5) is 25.9. The van der Waals surface area contributed by atoms with E-state index in [1.54, 1.807) is 17.7 Å². The Morgan fingerprint density at radius 3 is 2.81 bits per heavy atom. The number of hydrogen-bond acceptors (Lipinski definition) is 2. The number of aromatic nitrogens is 1. The smallest absolute Gasteiger partial charge is 0.270 e. The van der Waals surface area contributed by atoms with E-state index in [-0.39, 0.29) is 17.9 Å². The zero-order chi connectivity index (χ0) is 15.1. The second kappa shape index (κ2) is 5.54. The summed E-state index contributed by atoms with van der Waals surface area (Å²) in [6.07, 6.45) is 2.19. The van der Waals surface area contributed by atoms with Crippen molar-refractivity contribution in [3.05, 3.63) is 21.9 Å². The van der Waals surface area contributed by atoms with Crippen molar-refractivity contribution in [3.8, 4) is 0 Å². The van der Waals surface area contributed by atoms with Gasteiger partial charge in [0.15, 0.2) is 0 Å². The molecule has 2 atom stereocenters. The lowest BCUT2D eigenvalue weighted by atomic mass is 9.85. The molecule has 2 unspecified atom stereocenters. The summed E-state index contributed by atoms with van der Waals surface area (Å²) in [5.41, 5.74) is 0.503. The molecule has 0 saturated carbocycles. The number of amides is 2. The Hall–Kier alpha value is -1.20. The number of halogens is 2. The van der Waals surface area contributed by atoms with Crippen molar-refractivity contribution in [1.82, 2.24) is 14.8 Å². The van der Waals surface area contributed by atoms with Gasteiger partial charge in [-0.15, -0.1) is 0 Å². The van der Waals surface area contributed by atoms with Crippen molar-refractivity contribution >= 4 is 35.0 Å². The molecular formula is C14H17Cl2N3O2. The first-order valence-corrected chi connectivity index (χ1v) is 7.82. The molecule has 2 saturated heterocycles. The molecule has 0 bridgehead atoms. The van der Waals surface area contributed by atoms with Crippen LogP contribution in [0.2, 0.25) is 10.2 Å². The number of likely N-dealkylation sites (tertiary alicyclic amines) is 1. The lowest BCUT2D eigenvalue weighted by Gasteiger charge is -2.41. The minimum atomic E-state index is -0.0540. The van der Waals surface area contributed by atoms with Crippen molar-refractivity contribution in [2.24, 2.45) is 13.0 Å². The summed E-state index contributed by atoms with van der Waals surface area (Å²) >= 11 is 12.0. The molecule has 1 aromatic rings. The van der Waals surface area contributed by atoms with E-state index in [2.05, 4.69) is 5.32 Å². The number of carbonyl (C=O) groups is 2. The lowest BCUT2D eigenvalue weighted by molar-refractivity contribution is -0.125. The highest BCUT2D eigenvalue weighted by molar-refractivity contribution is 6.41. The highest BCUT2D eigenvalue weighted by atomic mass is 35.5. The van der Waals surface area contributed by atoms with E-state index in [1.165, 1.54) is 0 Å². The first-order valence-electron chi connectivity index (χ1n) is 7.06. The van der Waals surface area contributed by atoms with Gasteiger partial charge in [-0.1, -0.05) is 23.2 Å². The second-order valence-corrected chi connectivity index (χ2v) is 6.51. The molecule has 7 heteroatoms. The van der Waals surface area contributed by atoms with Gasteiger partial charge >= 0.3 is 0 Å². The van der Waals surface area contributed by atoms with Gasteiger partial charge in [-0.2, -0.15) is 0 Å². The topological polar surface area (TPSA) is 54.3 Å². The largest absolute Gasteiger partial charge is 0.353 e. The fraction of sp³-hybridized carbons (Fsp3) is 0.571. The Morgan fingerprint density at radius 1 is 1.38 bits per heavy atom. The molecule has 1 aromatic heterocycles. The van der Waals surface area contributed by atoms with E-state index in [0.717, 1.165) is 12.8 Å². The van der Waals surface area contributed by atoms with Crippen LogP contribution in [0.3, 0.4) is 0 Å². The number of rotatable bonds is 1. The van der Waals surface area contributed by atoms with E-state index >= 15 is 0 Å². The number of nitrogens with one attached hydrogen (secondary N) is 1. The molecule has 21 heavy (non-hydrogen) atoms. The molecule has 1 N–H and O–H groups in total. The molecule has 0 radical (unpaired) electrons. The number of carbonyl (C=O) groups excluding carboxylic acids is 2. The van der Waals surface area contributed by atoms with Crippen molar-refractivity contribution in [3.63, 3.8) is 0 Å². The third-order valence-corrected chi connectivity index (χ3v) is 5.29. The fourth-order valence-electron chi connectivity index (χ4n) is 3.20. The summed E-state index contributed by atoms with van der Waals surface area (Å²) in [6, 6.07) is 1.82. The van der Waals surface area contributed by atoms with Gasteiger partial charge in [0.25, 0.3) is 5.91 Å². The van der Waals surface area contributed by atoms with Crippen LogP contribution in [0.5, 0.6) is 0 Å². The van der Waals surface area contributed by atoms with Crippen LogP contribution in [0.4, 0.5) is 0 Å². The SMILES string of the molecule is Cn1c(C(=O)N2CCC3NC(=O)CCC3C2)cc(Cl)c1Cl. The maximum absolute atomic E-state index is 12.6. The van der Waals surface area contributed by atoms with E-state index in [4.69, 9.17) is 23.2 Å². The van der Waals surface area contributed by atoms with Crippen LogP contribution in [0.25, 0.3) is 0 Å². The number of piperidine rings is 2. The van der Waals surface area contributed by atoms with Crippen molar-refractivity contribution in [1.29, 1.82) is 0 Å². The third-order valence-electron chi connectivity index (χ3n) is 4.45. The summed E-state index contributed by atoms with van der Waals surface area (Å²) < 4.78 is 1.61. The van der Waals surface area contributed by atoms with Crippen molar-refractivity contribution in [2.45, 2.75) is 25.3 Å². The van der Waals surface area contributed by atoms with Crippen LogP contribution < -0.4 is 5.32 Å². The third kappa shape index (κ3) is 2.64. The van der Waals surface area contributed by atoms with E-state index in [1.807, 2.05) is 4.90 Å². The van der Waals surface area contributed by atoms with Crippen LogP contribution in [0.15, 0.2) is 6.07 Å². The van der Waals surface area contributed by atoms with Gasteiger partial charge in [-0.25, -0.2) is 0 Å². The molecule has 0 spiro atoms. The van der Waals surface area contributed by atoms with Crippen LogP contribution in [0, 0.1) is 5.92 Å². The highest BCUT2D eigenvalue weighted by Gasteiger charge is 2.36. The monoisotopic (exact) mass is 329 g/mol. The quantitative estimate of drug-likeness (QED) is 0.857. The Balaban J connectivity index is 1.74. The number of hydrogen-bond donors (Lipinski definition) is 1. The maximum Gasteiger partial charge on any atom is 0.270 e. The zero-order valence-corrected chi connectivity index (χ0v) is 13.2. The molecule has 2 aliphatic heterocycles. The van der Waals surface area contributed by atoms with Gasteiger partial charge in [0.1, 0.15) is 10.8 Å². The predicted molar refractivity (Wildman–Crippen MR) is 80.6 cm³/mol. The van der Waals surface area contributed by atoms with E-state index in [9.17, 15) is 9.59 Å². The minimum absolute atomic E-state index is 0.0540. The van der Waals surface area contributed by atoms with Crippen LogP contribution in [0.1, 0.15) is 29.8 Å². The van der Waals surface area contributed by atoms with Crippen LogP contribution >= 0.6 is 23.2 Å². The fourth-order valence-corrected chi connectivity index (χ4v) is 3.58. The molecule has 114 valence electrons. The van der Waals surface area contributed by atoms with Gasteiger partial charge in [0.05, 0.1) is 5.02 Å². The minimum Gasteiger partial charge on any atom is -0.353 e. The molecule has 2 aliphatic rings. The van der Waals surface area contributed by atoms with Crippen LogP contribution in [-0.2, 0) is 11.8 Å². The lowest BCUT2D eigenvalue weighted by Crippen LogP contribution is -2.55. The Kier molecular flexibility index (Phi) is 3.88. The van der Waals surface area contributed by atoms with E-state index in [0.29, 0.717) is 41.3 Å².